The number of nitrogens with zero attached hydrogens (tertiary/aromatic N) is 2. The van der Waals surface area contributed by atoms with E-state index in [1.54, 1.807) is 0 Å². The molecule has 0 spiro atoms. The Morgan fingerprint density at radius 3 is 2.23 bits per heavy atom. The highest BCUT2D eigenvalue weighted by atomic mass is 35.5. The topological polar surface area (TPSA) is 72.7 Å². The van der Waals surface area contributed by atoms with Crippen LogP contribution in [0.5, 0.6) is 5.75 Å². The molecule has 3 rings (SSSR count). The maximum Gasteiger partial charge on any atom is 0.270 e. The Balaban J connectivity index is 1.82. The van der Waals surface area contributed by atoms with Gasteiger partial charge in [0, 0.05) is 30.8 Å². The Bertz CT molecular complexity index is 1530. The summed E-state index contributed by atoms with van der Waals surface area (Å²) in [6.45, 7) is 17.2. The van der Waals surface area contributed by atoms with Crippen molar-refractivity contribution < 1.29 is 14.5 Å². The minimum absolute atomic E-state index is 0.0261. The Kier molecular flexibility index (Phi) is 14.7. The molecule has 260 valence electrons. The summed E-state index contributed by atoms with van der Waals surface area (Å²) in [6.07, 6.45) is 9.86. The van der Waals surface area contributed by atoms with Gasteiger partial charge in [-0.2, -0.15) is 0 Å². The first kappa shape index (κ1) is 38.8. The number of benzene rings is 3. The van der Waals surface area contributed by atoms with Crippen molar-refractivity contribution in [2.24, 2.45) is 0 Å². The number of hydrogen-bond acceptors (Lipinski definition) is 4. The number of nitro benzene ring substituents is 1. The smallest absolute Gasteiger partial charge is 0.270 e. The molecule has 0 aliphatic carbocycles. The fraction of sp³-hybridized carbons (Fsp3) is 0.488. The third-order valence-electron chi connectivity index (χ3n) is 9.68. The summed E-state index contributed by atoms with van der Waals surface area (Å²) in [5.74, 6) is 0.693. The number of ether oxygens (including phenoxy) is 1. The molecule has 0 bridgehead atoms. The van der Waals surface area contributed by atoms with Gasteiger partial charge in [0.25, 0.3) is 11.6 Å². The molecular formula is C41H55ClN2O4. The number of carbonyl (C=O) groups excluding carboxylic acids is 1. The van der Waals surface area contributed by atoms with E-state index in [1.165, 1.54) is 34.9 Å². The van der Waals surface area contributed by atoms with Crippen LogP contribution in [0.3, 0.4) is 0 Å². The second kappa shape index (κ2) is 18.2. The van der Waals surface area contributed by atoms with E-state index >= 15 is 0 Å². The predicted octanol–water partition coefficient (Wildman–Crippen LogP) is 11.6. The molecule has 0 atom stereocenters. The average Bonchev–Trinajstić information content (AvgIpc) is 3.07. The van der Waals surface area contributed by atoms with Crippen molar-refractivity contribution in [1.29, 1.82) is 0 Å². The van der Waals surface area contributed by atoms with Gasteiger partial charge in [-0.05, 0) is 72.6 Å². The van der Waals surface area contributed by atoms with Gasteiger partial charge in [0.2, 0.25) is 0 Å². The lowest BCUT2D eigenvalue weighted by Crippen LogP contribution is -2.34. The molecular weight excluding hydrogens is 620 g/mol. The quantitative estimate of drug-likeness (QED) is 0.0720. The molecule has 6 nitrogen and oxygen atoms in total. The molecule has 0 aliphatic heterocycles. The Labute approximate surface area is 293 Å². The van der Waals surface area contributed by atoms with Gasteiger partial charge in [-0.3, -0.25) is 14.9 Å². The van der Waals surface area contributed by atoms with Crippen LogP contribution in [0.1, 0.15) is 127 Å². The van der Waals surface area contributed by atoms with Crippen LogP contribution in [-0.4, -0.2) is 35.4 Å². The van der Waals surface area contributed by atoms with Gasteiger partial charge in [-0.15, -0.1) is 0 Å². The molecule has 0 saturated heterocycles. The Morgan fingerprint density at radius 2 is 1.60 bits per heavy atom. The maximum atomic E-state index is 14.0. The number of halogens is 1. The molecule has 0 heterocycles. The highest BCUT2D eigenvalue weighted by Gasteiger charge is 2.27. The molecule has 3 aromatic carbocycles. The zero-order chi connectivity index (χ0) is 35.3. The molecule has 0 radical (unpaired) electrons. The van der Waals surface area contributed by atoms with Crippen molar-refractivity contribution in [3.05, 3.63) is 110 Å². The van der Waals surface area contributed by atoms with E-state index in [4.69, 9.17) is 16.3 Å². The van der Waals surface area contributed by atoms with Crippen LogP contribution >= 0.6 is 11.6 Å². The highest BCUT2D eigenvalue weighted by molar-refractivity contribution is 6.34. The summed E-state index contributed by atoms with van der Waals surface area (Å²) in [6, 6.07) is 20.9. The molecule has 3 aromatic rings. The molecule has 0 N–H and O–H groups in total. The van der Waals surface area contributed by atoms with Crippen molar-refractivity contribution in [3.63, 3.8) is 0 Å². The minimum Gasteiger partial charge on any atom is -0.493 e. The van der Waals surface area contributed by atoms with E-state index in [2.05, 4.69) is 84.9 Å². The Morgan fingerprint density at radius 1 is 0.896 bits per heavy atom. The fourth-order valence-electron chi connectivity index (χ4n) is 5.63. The molecule has 0 saturated carbocycles. The third-order valence-corrected chi connectivity index (χ3v) is 10.00. The molecule has 7 heteroatoms. The van der Waals surface area contributed by atoms with Gasteiger partial charge in [-0.1, -0.05) is 127 Å². The van der Waals surface area contributed by atoms with E-state index in [-0.39, 0.29) is 33.0 Å². The number of hydrogen-bond donors (Lipinski definition) is 0. The lowest BCUT2D eigenvalue weighted by molar-refractivity contribution is -0.384. The summed E-state index contributed by atoms with van der Waals surface area (Å²) >= 11 is 6.46. The normalized spacial score (nSPS) is 12.2. The highest BCUT2D eigenvalue weighted by Crippen LogP contribution is 2.38. The number of carbonyl (C=O) groups is 1. The molecule has 0 unspecified atom stereocenters. The van der Waals surface area contributed by atoms with E-state index in [1.807, 2.05) is 23.1 Å². The number of amides is 1. The largest absolute Gasteiger partial charge is 0.493 e. The predicted molar refractivity (Wildman–Crippen MR) is 200 cm³/mol. The van der Waals surface area contributed by atoms with Gasteiger partial charge in [0.1, 0.15) is 5.75 Å². The minimum atomic E-state index is -0.502. The van der Waals surface area contributed by atoms with Crippen molar-refractivity contribution in [3.8, 4) is 5.75 Å². The van der Waals surface area contributed by atoms with Gasteiger partial charge >= 0.3 is 0 Å². The summed E-state index contributed by atoms with van der Waals surface area (Å²) in [7, 11) is 0. The SMILES string of the molecule is CCCCCC(=Cc1ccccc1)CN(CCCCOc1ccc(C(C)(C)CC)cc1C(C)(C)CC)C(=O)c1ccc([N+](=O)[O-])cc1Cl. The lowest BCUT2D eigenvalue weighted by atomic mass is 9.76. The van der Waals surface area contributed by atoms with Gasteiger partial charge in [0.05, 0.1) is 22.1 Å². The second-order valence-corrected chi connectivity index (χ2v) is 14.5. The van der Waals surface area contributed by atoms with E-state index in [0.29, 0.717) is 19.7 Å². The second-order valence-electron chi connectivity index (χ2n) is 14.1. The van der Waals surface area contributed by atoms with Crippen molar-refractivity contribution >= 4 is 29.3 Å². The number of rotatable bonds is 19. The lowest BCUT2D eigenvalue weighted by Gasteiger charge is -2.30. The van der Waals surface area contributed by atoms with E-state index in [9.17, 15) is 14.9 Å². The number of non-ortho nitro benzene ring substituents is 1. The van der Waals surface area contributed by atoms with Crippen LogP contribution in [0, 0.1) is 10.1 Å². The fourth-order valence-corrected chi connectivity index (χ4v) is 5.89. The van der Waals surface area contributed by atoms with Gasteiger partial charge in [-0.25, -0.2) is 0 Å². The molecule has 48 heavy (non-hydrogen) atoms. The summed E-state index contributed by atoms with van der Waals surface area (Å²) in [5, 5.41) is 11.4. The number of nitro groups is 1. The summed E-state index contributed by atoms with van der Waals surface area (Å²) in [5.41, 5.74) is 5.01. The zero-order valence-electron chi connectivity index (χ0n) is 30.1. The van der Waals surface area contributed by atoms with Crippen LogP contribution in [-0.2, 0) is 10.8 Å². The van der Waals surface area contributed by atoms with Crippen molar-refractivity contribution in [2.75, 3.05) is 19.7 Å². The molecule has 1 amide bonds. The number of unbranched alkanes of at least 4 members (excludes halogenated alkanes) is 3. The van der Waals surface area contributed by atoms with E-state index in [0.717, 1.165) is 62.7 Å². The summed E-state index contributed by atoms with van der Waals surface area (Å²) < 4.78 is 6.43. The van der Waals surface area contributed by atoms with Crippen LogP contribution < -0.4 is 4.74 Å². The van der Waals surface area contributed by atoms with E-state index < -0.39 is 4.92 Å². The Hall–Kier alpha value is -3.64. The van der Waals surface area contributed by atoms with Gasteiger partial charge < -0.3 is 9.64 Å². The first-order chi connectivity index (χ1) is 22.8. The zero-order valence-corrected chi connectivity index (χ0v) is 30.9. The average molecular weight is 675 g/mol. The molecule has 0 aliphatic rings. The van der Waals surface area contributed by atoms with Gasteiger partial charge in [0.15, 0.2) is 0 Å². The third kappa shape index (κ3) is 10.9. The van der Waals surface area contributed by atoms with Crippen LogP contribution in [0.2, 0.25) is 5.02 Å². The molecule has 0 aromatic heterocycles. The van der Waals surface area contributed by atoms with Crippen LogP contribution in [0.25, 0.3) is 6.08 Å². The van der Waals surface area contributed by atoms with Crippen molar-refractivity contribution in [1.82, 2.24) is 4.90 Å². The monoisotopic (exact) mass is 674 g/mol. The van der Waals surface area contributed by atoms with Crippen LogP contribution in [0.4, 0.5) is 5.69 Å². The standard InChI is InChI=1S/C41H55ClN2O4/c1-8-11-13-20-32(27-31-18-14-12-15-19-31)30-43(39(45)35-23-22-34(44(46)47)29-37(35)42)25-16-17-26-48-38-24-21-33(40(4,5)9-2)28-36(38)41(6,7)10-3/h12,14-15,18-19,21-24,27-29H,8-11,13,16-17,20,25-26,30H2,1-7H3. The van der Waals surface area contributed by atoms with Crippen molar-refractivity contribution in [2.45, 2.75) is 111 Å². The van der Waals surface area contributed by atoms with Crippen LogP contribution in [0.15, 0.2) is 72.3 Å². The molecule has 0 fully saturated rings. The maximum absolute atomic E-state index is 14.0. The summed E-state index contributed by atoms with van der Waals surface area (Å²) in [4.78, 5) is 26.6. The first-order valence-corrected chi connectivity index (χ1v) is 18.0. The first-order valence-electron chi connectivity index (χ1n) is 17.6.